The van der Waals surface area contributed by atoms with Gasteiger partial charge in [0.25, 0.3) is 0 Å². The number of hydrogen-bond acceptors (Lipinski definition) is 5. The molecule has 1 aromatic heterocycles. The topological polar surface area (TPSA) is 55.0 Å². The van der Waals surface area contributed by atoms with Gasteiger partial charge in [0, 0.05) is 42.5 Å². The van der Waals surface area contributed by atoms with Gasteiger partial charge in [0.1, 0.15) is 0 Å². The summed E-state index contributed by atoms with van der Waals surface area (Å²) in [5.74, 6) is 2.02. The van der Waals surface area contributed by atoms with E-state index in [1.165, 1.54) is 0 Å². The molecule has 0 bridgehead atoms. The van der Waals surface area contributed by atoms with Gasteiger partial charge in [-0.3, -0.25) is 0 Å². The molecule has 2 N–H and O–H groups in total. The van der Waals surface area contributed by atoms with Crippen LogP contribution in [-0.4, -0.2) is 40.1 Å². The zero-order valence-corrected chi connectivity index (χ0v) is 12.0. The van der Waals surface area contributed by atoms with E-state index in [1.54, 1.807) is 0 Å². The third-order valence-corrected chi connectivity index (χ3v) is 4.37. The van der Waals surface area contributed by atoms with Crippen molar-refractivity contribution in [3.05, 3.63) is 18.0 Å². The minimum Gasteiger partial charge on any atom is -0.339 e. The highest BCUT2D eigenvalue weighted by molar-refractivity contribution is 8.00. The smallest absolute Gasteiger partial charge is 0.225 e. The highest BCUT2D eigenvalue weighted by Gasteiger charge is 2.18. The van der Waals surface area contributed by atoms with Crippen molar-refractivity contribution in [1.29, 1.82) is 0 Å². The van der Waals surface area contributed by atoms with E-state index in [9.17, 15) is 0 Å². The zero-order valence-electron chi connectivity index (χ0n) is 11.2. The second-order valence-corrected chi connectivity index (χ2v) is 6.44. The predicted octanol–water partition coefficient (Wildman–Crippen LogP) is 1.70. The molecule has 1 aliphatic rings. The van der Waals surface area contributed by atoms with Gasteiger partial charge in [0.2, 0.25) is 5.95 Å². The number of nitrogens with zero attached hydrogens (tertiary/aromatic N) is 3. The Balaban J connectivity index is 1.98. The summed E-state index contributed by atoms with van der Waals surface area (Å²) in [6.45, 7) is 6.44. The minimum absolute atomic E-state index is 0.214. The first-order valence-corrected chi connectivity index (χ1v) is 7.67. The standard InChI is InChI=1S/C13H22N4S/c1-3-12(14)6-11-7-15-13(16-8-11)17-4-5-18-10(2)9-17/h7-8,10,12H,3-6,9,14H2,1-2H3. The van der Waals surface area contributed by atoms with Crippen molar-refractivity contribution in [2.24, 2.45) is 5.73 Å². The quantitative estimate of drug-likeness (QED) is 0.899. The fourth-order valence-corrected chi connectivity index (χ4v) is 3.08. The SMILES string of the molecule is CCC(N)Cc1cnc(N2CCSC(C)C2)nc1. The Hall–Kier alpha value is -0.810. The molecule has 5 heteroatoms. The minimum atomic E-state index is 0.214. The lowest BCUT2D eigenvalue weighted by molar-refractivity contribution is 0.642. The van der Waals surface area contributed by atoms with E-state index < -0.39 is 0 Å². The molecular weight excluding hydrogens is 244 g/mol. The van der Waals surface area contributed by atoms with Crippen LogP contribution in [-0.2, 0) is 6.42 Å². The summed E-state index contributed by atoms with van der Waals surface area (Å²) in [6, 6.07) is 0.214. The average Bonchev–Trinajstić information content (AvgIpc) is 2.39. The molecule has 0 spiro atoms. The molecule has 1 aliphatic heterocycles. The van der Waals surface area contributed by atoms with Gasteiger partial charge in [-0.1, -0.05) is 13.8 Å². The molecule has 2 heterocycles. The number of rotatable bonds is 4. The van der Waals surface area contributed by atoms with Crippen molar-refractivity contribution in [1.82, 2.24) is 9.97 Å². The fourth-order valence-electron chi connectivity index (χ4n) is 2.06. The third kappa shape index (κ3) is 3.59. The lowest BCUT2D eigenvalue weighted by Crippen LogP contribution is -2.37. The summed E-state index contributed by atoms with van der Waals surface area (Å²) < 4.78 is 0. The summed E-state index contributed by atoms with van der Waals surface area (Å²) in [6.07, 6.45) is 5.69. The highest BCUT2D eigenvalue weighted by Crippen LogP contribution is 2.20. The van der Waals surface area contributed by atoms with Crippen LogP contribution in [0.5, 0.6) is 0 Å². The molecule has 1 saturated heterocycles. The van der Waals surface area contributed by atoms with E-state index in [-0.39, 0.29) is 6.04 Å². The molecular formula is C13H22N4S. The van der Waals surface area contributed by atoms with E-state index in [4.69, 9.17) is 5.73 Å². The van der Waals surface area contributed by atoms with E-state index >= 15 is 0 Å². The van der Waals surface area contributed by atoms with Crippen LogP contribution in [0.4, 0.5) is 5.95 Å². The largest absolute Gasteiger partial charge is 0.339 e. The Morgan fingerprint density at radius 3 is 2.83 bits per heavy atom. The van der Waals surface area contributed by atoms with E-state index in [0.29, 0.717) is 5.25 Å². The maximum atomic E-state index is 5.94. The number of aromatic nitrogens is 2. The lowest BCUT2D eigenvalue weighted by Gasteiger charge is -2.30. The first kappa shape index (κ1) is 13.6. The van der Waals surface area contributed by atoms with Crippen molar-refractivity contribution in [3.63, 3.8) is 0 Å². The van der Waals surface area contributed by atoms with Crippen molar-refractivity contribution < 1.29 is 0 Å². The summed E-state index contributed by atoms with van der Waals surface area (Å²) in [4.78, 5) is 11.2. The molecule has 2 rings (SSSR count). The van der Waals surface area contributed by atoms with Crippen LogP contribution >= 0.6 is 11.8 Å². The Kier molecular flexibility index (Phi) is 4.83. The Labute approximate surface area is 113 Å². The van der Waals surface area contributed by atoms with Crippen molar-refractivity contribution in [2.75, 3.05) is 23.7 Å². The van der Waals surface area contributed by atoms with Crippen LogP contribution in [0.15, 0.2) is 12.4 Å². The monoisotopic (exact) mass is 266 g/mol. The van der Waals surface area contributed by atoms with Crippen LogP contribution in [0, 0.1) is 0 Å². The Morgan fingerprint density at radius 2 is 2.22 bits per heavy atom. The van der Waals surface area contributed by atoms with Crippen LogP contribution in [0.25, 0.3) is 0 Å². The van der Waals surface area contributed by atoms with Crippen LogP contribution in [0.1, 0.15) is 25.8 Å². The maximum Gasteiger partial charge on any atom is 0.225 e. The molecule has 0 aromatic carbocycles. The normalized spacial score (nSPS) is 21.9. The molecule has 0 saturated carbocycles. The summed E-state index contributed by atoms with van der Waals surface area (Å²) >= 11 is 2.02. The summed E-state index contributed by atoms with van der Waals surface area (Å²) in [5, 5.41) is 0.663. The molecule has 18 heavy (non-hydrogen) atoms. The molecule has 1 fully saturated rings. The Morgan fingerprint density at radius 1 is 1.50 bits per heavy atom. The third-order valence-electron chi connectivity index (χ3n) is 3.24. The molecule has 0 radical (unpaired) electrons. The summed E-state index contributed by atoms with van der Waals surface area (Å²) in [7, 11) is 0. The first-order chi connectivity index (χ1) is 8.69. The van der Waals surface area contributed by atoms with Gasteiger partial charge in [-0.2, -0.15) is 11.8 Å². The molecule has 0 aliphatic carbocycles. The van der Waals surface area contributed by atoms with Gasteiger partial charge >= 0.3 is 0 Å². The molecule has 4 nitrogen and oxygen atoms in total. The molecule has 1 aromatic rings. The first-order valence-electron chi connectivity index (χ1n) is 6.62. The van der Waals surface area contributed by atoms with Gasteiger partial charge < -0.3 is 10.6 Å². The number of anilines is 1. The second-order valence-electron chi connectivity index (χ2n) is 4.89. The van der Waals surface area contributed by atoms with Gasteiger partial charge in [-0.05, 0) is 18.4 Å². The van der Waals surface area contributed by atoms with Crippen molar-refractivity contribution in [3.8, 4) is 0 Å². The number of hydrogen-bond donors (Lipinski definition) is 1. The van der Waals surface area contributed by atoms with E-state index in [0.717, 1.165) is 43.2 Å². The van der Waals surface area contributed by atoms with Crippen molar-refractivity contribution >= 4 is 17.7 Å². The highest BCUT2D eigenvalue weighted by atomic mass is 32.2. The van der Waals surface area contributed by atoms with Gasteiger partial charge in [0.05, 0.1) is 0 Å². The molecule has 2 atom stereocenters. The predicted molar refractivity (Wildman–Crippen MR) is 78.1 cm³/mol. The number of thioether (sulfide) groups is 1. The van der Waals surface area contributed by atoms with Gasteiger partial charge in [-0.25, -0.2) is 9.97 Å². The summed E-state index contributed by atoms with van der Waals surface area (Å²) in [5.41, 5.74) is 7.07. The van der Waals surface area contributed by atoms with Gasteiger partial charge in [-0.15, -0.1) is 0 Å². The molecule has 100 valence electrons. The zero-order chi connectivity index (χ0) is 13.0. The lowest BCUT2D eigenvalue weighted by atomic mass is 10.1. The maximum absolute atomic E-state index is 5.94. The second kappa shape index (κ2) is 6.38. The average molecular weight is 266 g/mol. The number of nitrogens with two attached hydrogens (primary N) is 1. The fraction of sp³-hybridized carbons (Fsp3) is 0.692. The van der Waals surface area contributed by atoms with E-state index in [1.807, 2.05) is 24.2 Å². The van der Waals surface area contributed by atoms with Crippen molar-refractivity contribution in [2.45, 2.75) is 38.0 Å². The molecule has 0 amide bonds. The van der Waals surface area contributed by atoms with Crippen LogP contribution in [0.3, 0.4) is 0 Å². The van der Waals surface area contributed by atoms with Gasteiger partial charge in [0.15, 0.2) is 0 Å². The Bertz CT molecular complexity index is 368. The molecule has 2 unspecified atom stereocenters. The van der Waals surface area contributed by atoms with Crippen LogP contribution in [0.2, 0.25) is 0 Å². The van der Waals surface area contributed by atoms with Crippen LogP contribution < -0.4 is 10.6 Å². The van der Waals surface area contributed by atoms with E-state index in [2.05, 4.69) is 28.7 Å².